The fourth-order valence-corrected chi connectivity index (χ4v) is 10.7. The van der Waals surface area contributed by atoms with Crippen molar-refractivity contribution in [2.24, 2.45) is 5.73 Å². The third kappa shape index (κ3) is 69.6. The second-order valence-electron chi connectivity index (χ2n) is 23.4. The molecule has 490 valence electrons. The van der Waals surface area contributed by atoms with E-state index >= 15 is 0 Å². The van der Waals surface area contributed by atoms with Crippen molar-refractivity contribution in [2.45, 2.75) is 328 Å². The number of unbranched alkanes of at least 4 members (excludes halogenated alkanes) is 35. The minimum Gasteiger partial charge on any atom is -0.462 e. The molecule has 0 spiro atoms. The third-order valence-corrected chi connectivity index (χ3v) is 16.1. The highest BCUT2D eigenvalue weighted by atomic mass is 31.2. The maximum atomic E-state index is 12.8. The zero-order valence-electron chi connectivity index (χ0n) is 55.1. The van der Waals surface area contributed by atoms with Crippen molar-refractivity contribution in [2.75, 3.05) is 26.4 Å². The molecule has 0 aliphatic carbocycles. The number of carbonyl (C=O) groups is 2. The lowest BCUT2D eigenvalue weighted by atomic mass is 10.0. The van der Waals surface area contributed by atoms with Crippen LogP contribution in [0.4, 0.5) is 0 Å². The first-order valence-corrected chi connectivity index (χ1v) is 36.9. The van der Waals surface area contributed by atoms with Gasteiger partial charge in [-0.25, -0.2) is 4.57 Å². The van der Waals surface area contributed by atoms with Crippen LogP contribution in [0.25, 0.3) is 0 Å². The van der Waals surface area contributed by atoms with Gasteiger partial charge in [-0.05, 0) is 103 Å². The normalized spacial score (nSPS) is 13.6. The van der Waals surface area contributed by atoms with Crippen molar-refractivity contribution < 1.29 is 37.6 Å². The summed E-state index contributed by atoms with van der Waals surface area (Å²) in [5, 5.41) is 0. The Morgan fingerprint density at radius 2 is 0.647 bits per heavy atom. The minimum atomic E-state index is -4.40. The maximum absolute atomic E-state index is 12.8. The van der Waals surface area contributed by atoms with E-state index in [2.05, 4.69) is 123 Å². The molecule has 0 aliphatic rings. The predicted octanol–water partition coefficient (Wildman–Crippen LogP) is 23.3. The van der Waals surface area contributed by atoms with Crippen molar-refractivity contribution in [3.05, 3.63) is 109 Å². The Morgan fingerprint density at radius 1 is 0.365 bits per heavy atom. The molecule has 0 amide bonds. The first kappa shape index (κ1) is 81.7. The van der Waals surface area contributed by atoms with Crippen LogP contribution < -0.4 is 5.73 Å². The zero-order chi connectivity index (χ0) is 61.6. The van der Waals surface area contributed by atoms with E-state index in [0.29, 0.717) is 6.42 Å². The van der Waals surface area contributed by atoms with Crippen LogP contribution in [0.5, 0.6) is 0 Å². The Morgan fingerprint density at radius 3 is 0.965 bits per heavy atom. The van der Waals surface area contributed by atoms with E-state index in [1.54, 1.807) is 0 Å². The highest BCUT2D eigenvalue weighted by molar-refractivity contribution is 7.47. The van der Waals surface area contributed by atoms with Crippen molar-refractivity contribution >= 4 is 19.8 Å². The molecule has 0 aliphatic heterocycles. The van der Waals surface area contributed by atoms with Crippen LogP contribution in [-0.2, 0) is 32.7 Å². The summed E-state index contributed by atoms with van der Waals surface area (Å²) >= 11 is 0. The Labute approximate surface area is 524 Å². The zero-order valence-corrected chi connectivity index (χ0v) is 56.0. The molecule has 2 unspecified atom stereocenters. The van der Waals surface area contributed by atoms with E-state index < -0.39 is 26.5 Å². The molecule has 10 heteroatoms. The number of carbonyl (C=O) groups excluding carboxylic acids is 2. The molecule has 0 aromatic heterocycles. The topological polar surface area (TPSA) is 134 Å². The number of nitrogens with two attached hydrogens (primary N) is 1. The molecule has 3 N–H and O–H groups in total. The van der Waals surface area contributed by atoms with E-state index in [1.807, 2.05) is 0 Å². The lowest BCUT2D eigenvalue weighted by Crippen LogP contribution is -2.29. The first-order chi connectivity index (χ1) is 41.8. The third-order valence-electron chi connectivity index (χ3n) is 15.1. The van der Waals surface area contributed by atoms with Gasteiger partial charge in [0.1, 0.15) is 6.61 Å². The summed E-state index contributed by atoms with van der Waals surface area (Å²) in [5.41, 5.74) is 5.40. The average molecular weight is 1210 g/mol. The summed E-state index contributed by atoms with van der Waals surface area (Å²) in [4.78, 5) is 35.4. The van der Waals surface area contributed by atoms with Gasteiger partial charge in [0, 0.05) is 19.4 Å². The lowest BCUT2D eigenvalue weighted by molar-refractivity contribution is -0.161. The summed E-state index contributed by atoms with van der Waals surface area (Å²) in [6, 6.07) is 0. The number of hydrogen-bond donors (Lipinski definition) is 2. The molecule has 9 nitrogen and oxygen atoms in total. The van der Waals surface area contributed by atoms with E-state index in [1.165, 1.54) is 199 Å². The molecular weight excluding hydrogens is 1070 g/mol. The van der Waals surface area contributed by atoms with Gasteiger partial charge in [0.05, 0.1) is 13.2 Å². The van der Waals surface area contributed by atoms with Crippen molar-refractivity contribution in [3.63, 3.8) is 0 Å². The average Bonchev–Trinajstić information content (AvgIpc) is 3.53. The van der Waals surface area contributed by atoms with Gasteiger partial charge in [-0.2, -0.15) is 0 Å². The van der Waals surface area contributed by atoms with Crippen LogP contribution in [0.3, 0.4) is 0 Å². The second-order valence-corrected chi connectivity index (χ2v) is 24.8. The van der Waals surface area contributed by atoms with E-state index in [4.69, 9.17) is 24.3 Å². The van der Waals surface area contributed by atoms with Gasteiger partial charge < -0.3 is 20.1 Å². The van der Waals surface area contributed by atoms with Crippen LogP contribution in [0.2, 0.25) is 0 Å². The summed E-state index contributed by atoms with van der Waals surface area (Å²) in [6.45, 7) is 3.65. The standard InChI is InChI=1S/C75H132NO8P/c1-3-5-7-9-11-13-15-17-19-21-23-25-27-29-30-31-32-33-34-35-36-37-38-39-40-41-42-44-46-48-50-52-54-56-58-60-62-64-66-68-75(78)84-73(72-83-85(79,80)82-70-69-76)71-81-74(77)67-65-63-61-59-57-55-53-51-49-47-45-43-28-26-24-22-20-18-16-14-12-10-8-6-4-2/h5,7,11,13,16-19,22-25,28-30,32-33,43,73H,3-4,6,8-10,12,14-15,20-21,26-27,31,34-42,44-72,76H2,1-2H3,(H,79,80)/b7-5-,13-11-,18-16-,19-17-,24-22-,25-23-,30-29-,33-32-,43-28-. The molecule has 0 aromatic carbocycles. The number of esters is 2. The number of phosphoric ester groups is 1. The number of ether oxygens (including phenoxy) is 2. The van der Waals surface area contributed by atoms with Crippen LogP contribution in [0.1, 0.15) is 322 Å². The Balaban J connectivity index is 3.85. The van der Waals surface area contributed by atoms with Crippen LogP contribution in [0, 0.1) is 0 Å². The number of phosphoric acid groups is 1. The highest BCUT2D eigenvalue weighted by Crippen LogP contribution is 2.43. The van der Waals surface area contributed by atoms with Crippen LogP contribution in [-0.4, -0.2) is 49.3 Å². The van der Waals surface area contributed by atoms with Crippen molar-refractivity contribution in [1.82, 2.24) is 0 Å². The molecule has 0 heterocycles. The Bertz CT molecular complexity index is 1760. The van der Waals surface area contributed by atoms with Gasteiger partial charge >= 0.3 is 19.8 Å². The van der Waals surface area contributed by atoms with Gasteiger partial charge in [-0.3, -0.25) is 18.6 Å². The number of rotatable bonds is 66. The summed E-state index contributed by atoms with van der Waals surface area (Å²) in [5.74, 6) is -0.823. The van der Waals surface area contributed by atoms with Crippen molar-refractivity contribution in [3.8, 4) is 0 Å². The van der Waals surface area contributed by atoms with Gasteiger partial charge in [0.15, 0.2) is 6.10 Å². The van der Waals surface area contributed by atoms with E-state index in [-0.39, 0.29) is 38.6 Å². The Kier molecular flexibility index (Phi) is 67.0. The molecule has 0 fully saturated rings. The summed E-state index contributed by atoms with van der Waals surface area (Å²) < 4.78 is 33.2. The molecule has 0 rings (SSSR count). The van der Waals surface area contributed by atoms with Gasteiger partial charge in [-0.1, -0.05) is 316 Å². The highest BCUT2D eigenvalue weighted by Gasteiger charge is 2.26. The molecule has 0 radical (unpaired) electrons. The van der Waals surface area contributed by atoms with E-state index in [9.17, 15) is 19.0 Å². The molecule has 2 atom stereocenters. The van der Waals surface area contributed by atoms with Crippen LogP contribution in [0.15, 0.2) is 109 Å². The lowest BCUT2D eigenvalue weighted by Gasteiger charge is -2.19. The quantitative estimate of drug-likeness (QED) is 0.0264. The Hall–Kier alpha value is -3.33. The number of allylic oxidation sites excluding steroid dienone is 18. The molecule has 0 bridgehead atoms. The van der Waals surface area contributed by atoms with E-state index in [0.717, 1.165) is 89.9 Å². The van der Waals surface area contributed by atoms with Gasteiger partial charge in [0.25, 0.3) is 0 Å². The largest absolute Gasteiger partial charge is 0.472 e. The first-order valence-electron chi connectivity index (χ1n) is 35.4. The molecular formula is C75H132NO8P. The molecule has 85 heavy (non-hydrogen) atoms. The van der Waals surface area contributed by atoms with Gasteiger partial charge in [0.2, 0.25) is 0 Å². The van der Waals surface area contributed by atoms with Crippen molar-refractivity contribution in [1.29, 1.82) is 0 Å². The summed E-state index contributed by atoms with van der Waals surface area (Å²) in [7, 11) is -4.40. The molecule has 0 aromatic rings. The fraction of sp³-hybridized carbons (Fsp3) is 0.733. The minimum absolute atomic E-state index is 0.0506. The monoisotopic (exact) mass is 1210 g/mol. The SMILES string of the molecule is CC/C=C\C/C=C\C/C=C\C/C=C\C/C=C\C/C=C\CCCCCCCCCCCCCCCCCCCCCCC(=O)OC(COC(=O)CCCCCCCCCCCC/C=C\C/C=C\C/C=C\CCCCCCC)COP(=O)(O)OCCN. The smallest absolute Gasteiger partial charge is 0.462 e. The van der Waals surface area contributed by atoms with Gasteiger partial charge in [-0.15, -0.1) is 0 Å². The fourth-order valence-electron chi connectivity index (χ4n) is 9.94. The number of hydrogen-bond acceptors (Lipinski definition) is 8. The summed E-state index contributed by atoms with van der Waals surface area (Å²) in [6.07, 6.45) is 96.1. The molecule has 0 saturated heterocycles. The predicted molar refractivity (Wildman–Crippen MR) is 367 cm³/mol. The molecule has 0 saturated carbocycles. The van der Waals surface area contributed by atoms with Crippen LogP contribution >= 0.6 is 7.82 Å². The second kappa shape index (κ2) is 69.8. The maximum Gasteiger partial charge on any atom is 0.472 e.